The first-order valence-electron chi connectivity index (χ1n) is 7.54. The average Bonchev–Trinajstić information content (AvgIpc) is 2.93. The number of alkyl halides is 3. The summed E-state index contributed by atoms with van der Waals surface area (Å²) in [6.45, 7) is 0. The van der Waals surface area contributed by atoms with Gasteiger partial charge < -0.3 is 9.30 Å². The number of fused-ring (bicyclic) bond motifs is 1. The van der Waals surface area contributed by atoms with Gasteiger partial charge in [-0.25, -0.2) is 9.78 Å². The fourth-order valence-corrected chi connectivity index (χ4v) is 2.69. The van der Waals surface area contributed by atoms with Gasteiger partial charge in [-0.1, -0.05) is 12.1 Å². The second-order valence-corrected chi connectivity index (χ2v) is 5.78. The lowest BCUT2D eigenvalue weighted by atomic mass is 10.1. The summed E-state index contributed by atoms with van der Waals surface area (Å²) >= 11 is 0. The van der Waals surface area contributed by atoms with E-state index in [-0.39, 0.29) is 22.6 Å². The van der Waals surface area contributed by atoms with Crippen molar-refractivity contribution in [3.63, 3.8) is 0 Å². The van der Waals surface area contributed by atoms with Crippen molar-refractivity contribution in [3.8, 4) is 5.75 Å². The number of nitrogens with zero attached hydrogens (tertiary/aromatic N) is 4. The van der Waals surface area contributed by atoms with Crippen LogP contribution in [-0.2, 0) is 21.1 Å². The molecule has 0 aliphatic heterocycles. The van der Waals surface area contributed by atoms with Crippen LogP contribution in [0.4, 0.5) is 13.2 Å². The zero-order valence-corrected chi connectivity index (χ0v) is 14.4. The topological polar surface area (TPSA) is 88.1 Å². The smallest absolute Gasteiger partial charge is 0.406 e. The summed E-state index contributed by atoms with van der Waals surface area (Å²) in [5.74, 6) is -1.49. The highest BCUT2D eigenvalue weighted by Crippen LogP contribution is 2.24. The molecule has 2 aromatic heterocycles. The van der Waals surface area contributed by atoms with E-state index in [0.29, 0.717) is 0 Å². The average molecular weight is 382 g/mol. The molecule has 1 aromatic carbocycles. The molecular formula is C16H13F3N4O4. The quantitative estimate of drug-likeness (QED) is 0.633. The van der Waals surface area contributed by atoms with Gasteiger partial charge in [-0.05, 0) is 12.1 Å². The summed E-state index contributed by atoms with van der Waals surface area (Å²) in [4.78, 5) is 41.1. The van der Waals surface area contributed by atoms with Crippen LogP contribution in [0, 0.1) is 0 Å². The standard InChI is InChI=1S/C16H13F3N4O4/c1-21-10-12(22(2)15(26)23(3)14(10)25)20-13(21)11(24)8-5-4-6-9(7-8)27-16(17,18)19/h4-7H,1-3H3. The van der Waals surface area contributed by atoms with Gasteiger partial charge >= 0.3 is 12.1 Å². The molecule has 0 fully saturated rings. The number of rotatable bonds is 3. The molecule has 3 aromatic rings. The van der Waals surface area contributed by atoms with Crippen molar-refractivity contribution in [2.24, 2.45) is 21.1 Å². The summed E-state index contributed by atoms with van der Waals surface area (Å²) in [5.41, 5.74) is -1.36. The Kier molecular flexibility index (Phi) is 4.17. The third-order valence-corrected chi connectivity index (χ3v) is 4.01. The second kappa shape index (κ2) is 6.11. The van der Waals surface area contributed by atoms with E-state index < -0.39 is 29.1 Å². The maximum absolute atomic E-state index is 12.7. The fourth-order valence-electron chi connectivity index (χ4n) is 2.69. The Morgan fingerprint density at radius 1 is 1.07 bits per heavy atom. The summed E-state index contributed by atoms with van der Waals surface area (Å²) in [5, 5.41) is 0. The molecule has 0 aliphatic rings. The summed E-state index contributed by atoms with van der Waals surface area (Å²) < 4.78 is 44.1. The minimum absolute atomic E-state index is 0.00311. The van der Waals surface area contributed by atoms with Crippen molar-refractivity contribution >= 4 is 16.9 Å². The van der Waals surface area contributed by atoms with Crippen LogP contribution in [0.15, 0.2) is 33.9 Å². The van der Waals surface area contributed by atoms with Crippen molar-refractivity contribution in [3.05, 3.63) is 56.5 Å². The number of carbonyl (C=O) groups is 1. The maximum atomic E-state index is 12.7. The summed E-state index contributed by atoms with van der Waals surface area (Å²) in [7, 11) is 4.09. The van der Waals surface area contributed by atoms with Crippen LogP contribution in [0.25, 0.3) is 11.2 Å². The Bertz CT molecular complexity index is 1190. The largest absolute Gasteiger partial charge is 0.573 e. The van der Waals surface area contributed by atoms with Crippen LogP contribution >= 0.6 is 0 Å². The zero-order chi connectivity index (χ0) is 20.1. The molecule has 3 rings (SSSR count). The summed E-state index contributed by atoms with van der Waals surface area (Å²) in [6.07, 6.45) is -4.90. The van der Waals surface area contributed by atoms with E-state index in [1.54, 1.807) is 0 Å². The molecular weight excluding hydrogens is 369 g/mol. The van der Waals surface area contributed by atoms with Crippen LogP contribution in [-0.4, -0.2) is 30.8 Å². The Labute approximate surface area is 149 Å². The molecule has 8 nitrogen and oxygen atoms in total. The second-order valence-electron chi connectivity index (χ2n) is 5.78. The van der Waals surface area contributed by atoms with Gasteiger partial charge in [0.15, 0.2) is 17.0 Å². The van der Waals surface area contributed by atoms with Crippen LogP contribution in [0.3, 0.4) is 0 Å². The van der Waals surface area contributed by atoms with Crippen molar-refractivity contribution in [1.82, 2.24) is 18.7 Å². The Morgan fingerprint density at radius 3 is 2.37 bits per heavy atom. The van der Waals surface area contributed by atoms with E-state index in [0.717, 1.165) is 21.3 Å². The molecule has 0 saturated carbocycles. The number of ketones is 1. The lowest BCUT2D eigenvalue weighted by molar-refractivity contribution is -0.274. The van der Waals surface area contributed by atoms with Gasteiger partial charge in [-0.15, -0.1) is 13.2 Å². The van der Waals surface area contributed by atoms with E-state index in [9.17, 15) is 27.6 Å². The molecule has 142 valence electrons. The Morgan fingerprint density at radius 2 is 1.74 bits per heavy atom. The normalized spacial score (nSPS) is 11.8. The van der Waals surface area contributed by atoms with Crippen molar-refractivity contribution in [2.75, 3.05) is 0 Å². The van der Waals surface area contributed by atoms with Crippen LogP contribution in [0.2, 0.25) is 0 Å². The third kappa shape index (κ3) is 3.11. The molecule has 0 N–H and O–H groups in total. The van der Waals surface area contributed by atoms with Gasteiger partial charge in [-0.3, -0.25) is 18.7 Å². The third-order valence-electron chi connectivity index (χ3n) is 4.01. The highest BCUT2D eigenvalue weighted by atomic mass is 19.4. The molecule has 0 atom stereocenters. The number of aryl methyl sites for hydroxylation is 2. The predicted molar refractivity (Wildman–Crippen MR) is 87.8 cm³/mol. The van der Waals surface area contributed by atoms with Gasteiger partial charge in [-0.2, -0.15) is 0 Å². The number of hydrogen-bond acceptors (Lipinski definition) is 5. The minimum Gasteiger partial charge on any atom is -0.406 e. The SMILES string of the molecule is Cn1c(=O)c2c(nc(C(=O)c3cccc(OC(F)(F)F)c3)n2C)n(C)c1=O. The molecule has 0 unspecified atom stereocenters. The van der Waals surface area contributed by atoms with Gasteiger partial charge in [0.05, 0.1) is 0 Å². The number of aromatic nitrogens is 4. The van der Waals surface area contributed by atoms with E-state index in [2.05, 4.69) is 9.72 Å². The van der Waals surface area contributed by atoms with E-state index in [1.807, 2.05) is 0 Å². The molecule has 0 bridgehead atoms. The highest BCUT2D eigenvalue weighted by Gasteiger charge is 2.31. The Balaban J connectivity index is 2.15. The molecule has 0 amide bonds. The monoisotopic (exact) mass is 382 g/mol. The summed E-state index contributed by atoms with van der Waals surface area (Å²) in [6, 6.07) is 4.50. The lowest BCUT2D eigenvalue weighted by Gasteiger charge is -2.09. The van der Waals surface area contributed by atoms with Gasteiger partial charge in [0, 0.05) is 26.7 Å². The number of imidazole rings is 1. The van der Waals surface area contributed by atoms with E-state index in [1.165, 1.54) is 37.8 Å². The molecule has 0 spiro atoms. The molecule has 2 heterocycles. The molecule has 0 saturated heterocycles. The number of carbonyl (C=O) groups excluding carboxylic acids is 1. The van der Waals surface area contributed by atoms with E-state index in [4.69, 9.17) is 0 Å². The number of halogens is 3. The van der Waals surface area contributed by atoms with Crippen molar-refractivity contribution in [1.29, 1.82) is 0 Å². The lowest BCUT2D eigenvalue weighted by Crippen LogP contribution is -2.37. The Hall–Kier alpha value is -3.37. The van der Waals surface area contributed by atoms with Gasteiger partial charge in [0.1, 0.15) is 5.75 Å². The van der Waals surface area contributed by atoms with Crippen molar-refractivity contribution < 1.29 is 22.7 Å². The number of ether oxygens (including phenoxy) is 1. The fraction of sp³-hybridized carbons (Fsp3) is 0.250. The molecule has 0 aliphatic carbocycles. The molecule has 11 heteroatoms. The van der Waals surface area contributed by atoms with Crippen LogP contribution < -0.4 is 16.0 Å². The highest BCUT2D eigenvalue weighted by molar-refractivity contribution is 6.08. The predicted octanol–water partition coefficient (Wildman–Crippen LogP) is 1.10. The molecule has 0 radical (unpaired) electrons. The first-order chi connectivity index (χ1) is 12.5. The number of benzene rings is 1. The van der Waals surface area contributed by atoms with E-state index >= 15 is 0 Å². The van der Waals surface area contributed by atoms with Crippen LogP contribution in [0.1, 0.15) is 16.2 Å². The maximum Gasteiger partial charge on any atom is 0.573 e. The zero-order valence-electron chi connectivity index (χ0n) is 14.4. The first kappa shape index (κ1) is 18.4. The van der Waals surface area contributed by atoms with Gasteiger partial charge in [0.25, 0.3) is 5.56 Å². The molecule has 27 heavy (non-hydrogen) atoms. The van der Waals surface area contributed by atoms with Crippen LogP contribution in [0.5, 0.6) is 5.75 Å². The minimum atomic E-state index is -4.90. The van der Waals surface area contributed by atoms with Gasteiger partial charge in [0.2, 0.25) is 5.78 Å². The first-order valence-corrected chi connectivity index (χ1v) is 7.54. The number of hydrogen-bond donors (Lipinski definition) is 0. The van der Waals surface area contributed by atoms with Crippen molar-refractivity contribution in [2.45, 2.75) is 6.36 Å².